The van der Waals surface area contributed by atoms with Crippen molar-refractivity contribution in [1.29, 1.82) is 0 Å². The van der Waals surface area contributed by atoms with Gasteiger partial charge in [0, 0.05) is 23.9 Å². The van der Waals surface area contributed by atoms with E-state index in [-0.39, 0.29) is 29.4 Å². The van der Waals surface area contributed by atoms with Crippen LogP contribution in [0.2, 0.25) is 0 Å². The molecule has 4 nitrogen and oxygen atoms in total. The first-order valence-electron chi connectivity index (χ1n) is 12.8. The summed E-state index contributed by atoms with van der Waals surface area (Å²) in [5.41, 5.74) is -1.71. The van der Waals surface area contributed by atoms with Crippen molar-refractivity contribution in [2.75, 3.05) is 18.1 Å². The van der Waals surface area contributed by atoms with Gasteiger partial charge in [0.15, 0.2) is 0 Å². The maximum Gasteiger partial charge on any atom is 0.426 e. The molecule has 1 amide bonds. The number of amides is 1. The zero-order valence-corrected chi connectivity index (χ0v) is 21.5. The molecular formula is C28H31F4NO3S. The minimum absolute atomic E-state index is 0.0177. The van der Waals surface area contributed by atoms with E-state index in [1.54, 1.807) is 6.07 Å². The molecule has 0 aromatic heterocycles. The number of alkyl halides is 4. The van der Waals surface area contributed by atoms with Crippen molar-refractivity contribution in [1.82, 2.24) is 4.90 Å². The monoisotopic (exact) mass is 537 g/mol. The molecule has 2 fully saturated rings. The SMILES string of the molecule is CC(F)(c1ccc2c(c1)CCC1N(C(=O)C3CCS(=O)(=O)CC3)CCC21Cc1ccccc1)C(F)(F)F. The Hall–Kier alpha value is -2.42. The minimum atomic E-state index is -5.02. The smallest absolute Gasteiger partial charge is 0.339 e. The maximum absolute atomic E-state index is 14.8. The third-order valence-electron chi connectivity index (χ3n) is 8.77. The largest absolute Gasteiger partial charge is 0.426 e. The molecule has 2 aromatic rings. The molecule has 0 spiro atoms. The highest BCUT2D eigenvalue weighted by Gasteiger charge is 2.56. The second-order valence-corrected chi connectivity index (χ2v) is 13.3. The lowest BCUT2D eigenvalue weighted by Crippen LogP contribution is -2.51. The molecule has 2 aromatic carbocycles. The first kappa shape index (κ1) is 26.2. The molecule has 2 saturated heterocycles. The van der Waals surface area contributed by atoms with Crippen molar-refractivity contribution in [3.63, 3.8) is 0 Å². The third kappa shape index (κ3) is 4.57. The van der Waals surface area contributed by atoms with E-state index in [4.69, 9.17) is 0 Å². The number of likely N-dealkylation sites (tertiary alicyclic amines) is 1. The Morgan fingerprint density at radius 3 is 2.35 bits per heavy atom. The number of halogens is 4. The quantitative estimate of drug-likeness (QED) is 0.499. The molecule has 5 rings (SSSR count). The summed E-state index contributed by atoms with van der Waals surface area (Å²) in [6, 6.07) is 13.9. The van der Waals surface area contributed by atoms with Crippen molar-refractivity contribution < 1.29 is 30.8 Å². The summed E-state index contributed by atoms with van der Waals surface area (Å²) in [5.74, 6) is -0.324. The Balaban J connectivity index is 1.52. The predicted molar refractivity (Wildman–Crippen MR) is 133 cm³/mol. The van der Waals surface area contributed by atoms with Crippen LogP contribution in [0.1, 0.15) is 54.9 Å². The third-order valence-corrected chi connectivity index (χ3v) is 10.5. The summed E-state index contributed by atoms with van der Waals surface area (Å²) in [6.07, 6.45) is -2.12. The molecular weight excluding hydrogens is 506 g/mol. The number of carbonyl (C=O) groups excluding carboxylic acids is 1. The van der Waals surface area contributed by atoms with Gasteiger partial charge in [0.25, 0.3) is 0 Å². The molecule has 0 radical (unpaired) electrons. The fourth-order valence-corrected chi connectivity index (χ4v) is 8.11. The van der Waals surface area contributed by atoms with E-state index in [2.05, 4.69) is 0 Å². The molecule has 0 saturated carbocycles. The highest BCUT2D eigenvalue weighted by atomic mass is 32.2. The van der Waals surface area contributed by atoms with Gasteiger partial charge < -0.3 is 4.90 Å². The summed E-state index contributed by atoms with van der Waals surface area (Å²) in [6.45, 7) is 1.06. The minimum Gasteiger partial charge on any atom is -0.339 e. The predicted octanol–water partition coefficient (Wildman–Crippen LogP) is 5.29. The number of benzene rings is 2. The first-order valence-corrected chi connectivity index (χ1v) is 14.6. The van der Waals surface area contributed by atoms with Gasteiger partial charge in [-0.1, -0.05) is 48.5 Å². The van der Waals surface area contributed by atoms with Gasteiger partial charge >= 0.3 is 6.18 Å². The molecule has 3 unspecified atom stereocenters. The number of fused-ring (bicyclic) bond motifs is 3. The van der Waals surface area contributed by atoms with Gasteiger partial charge in [-0.05, 0) is 67.7 Å². The van der Waals surface area contributed by atoms with Crippen LogP contribution in [0.25, 0.3) is 0 Å². The van der Waals surface area contributed by atoms with E-state index in [0.29, 0.717) is 57.6 Å². The maximum atomic E-state index is 14.8. The Labute approximate surface area is 215 Å². The summed E-state index contributed by atoms with van der Waals surface area (Å²) < 4.78 is 78.9. The molecule has 0 bridgehead atoms. The topological polar surface area (TPSA) is 54.5 Å². The van der Waals surface area contributed by atoms with E-state index in [1.807, 2.05) is 35.2 Å². The molecule has 2 heterocycles. The lowest BCUT2D eigenvalue weighted by molar-refractivity contribution is -0.228. The molecule has 0 N–H and O–H groups in total. The summed E-state index contributed by atoms with van der Waals surface area (Å²) >= 11 is 0. The summed E-state index contributed by atoms with van der Waals surface area (Å²) in [7, 11) is -3.10. The molecule has 1 aliphatic carbocycles. The van der Waals surface area contributed by atoms with Crippen molar-refractivity contribution >= 4 is 15.7 Å². The highest BCUT2D eigenvalue weighted by molar-refractivity contribution is 7.91. The summed E-state index contributed by atoms with van der Waals surface area (Å²) in [5, 5.41) is 0. The van der Waals surface area contributed by atoms with E-state index < -0.39 is 32.7 Å². The number of hydrogen-bond donors (Lipinski definition) is 0. The fraction of sp³-hybridized carbons (Fsp3) is 0.536. The van der Waals surface area contributed by atoms with E-state index in [1.165, 1.54) is 12.1 Å². The van der Waals surface area contributed by atoms with Crippen LogP contribution in [0.5, 0.6) is 0 Å². The zero-order chi connectivity index (χ0) is 26.6. The van der Waals surface area contributed by atoms with Crippen LogP contribution in [0.3, 0.4) is 0 Å². The van der Waals surface area contributed by atoms with Crippen LogP contribution in [0, 0.1) is 5.92 Å². The van der Waals surface area contributed by atoms with Crippen LogP contribution >= 0.6 is 0 Å². The van der Waals surface area contributed by atoms with Gasteiger partial charge in [0.1, 0.15) is 9.84 Å². The molecule has 3 atom stereocenters. The Kier molecular flexibility index (Phi) is 6.44. The van der Waals surface area contributed by atoms with Gasteiger partial charge in [-0.25, -0.2) is 12.8 Å². The Morgan fingerprint density at radius 2 is 1.70 bits per heavy atom. The standard InChI is InChI=1S/C28H31F4NO3S/c1-26(29,28(30,31)32)22-8-9-23-21(17-22)7-10-24-27(23,18-19-5-3-2-4-6-19)13-14-33(24)25(34)20-11-15-37(35,36)16-12-20/h2-6,8-9,17,20,24H,7,10-16,18H2,1H3. The second-order valence-electron chi connectivity index (χ2n) is 11.0. The lowest BCUT2D eigenvalue weighted by atomic mass is 9.63. The molecule has 200 valence electrons. The number of sulfone groups is 1. The van der Waals surface area contributed by atoms with Crippen molar-refractivity contribution in [3.05, 3.63) is 70.8 Å². The van der Waals surface area contributed by atoms with Crippen LogP contribution < -0.4 is 0 Å². The molecule has 37 heavy (non-hydrogen) atoms. The second kappa shape index (κ2) is 9.10. The van der Waals surface area contributed by atoms with Gasteiger partial charge in [-0.2, -0.15) is 13.2 Å². The van der Waals surface area contributed by atoms with Gasteiger partial charge in [-0.3, -0.25) is 4.79 Å². The first-order chi connectivity index (χ1) is 17.3. The van der Waals surface area contributed by atoms with Crippen molar-refractivity contribution in [3.8, 4) is 0 Å². The highest BCUT2D eigenvalue weighted by Crippen LogP contribution is 2.51. The van der Waals surface area contributed by atoms with Crippen LogP contribution in [-0.4, -0.2) is 49.5 Å². The Bertz CT molecular complexity index is 1280. The number of aryl methyl sites for hydroxylation is 1. The van der Waals surface area contributed by atoms with Crippen molar-refractivity contribution in [2.24, 2.45) is 5.92 Å². The molecule has 3 aliphatic rings. The lowest BCUT2D eigenvalue weighted by Gasteiger charge is -2.44. The number of hydrogen-bond acceptors (Lipinski definition) is 3. The number of carbonyl (C=O) groups is 1. The average molecular weight is 538 g/mol. The average Bonchev–Trinajstić information content (AvgIpc) is 3.22. The van der Waals surface area contributed by atoms with Crippen LogP contribution in [0.15, 0.2) is 48.5 Å². The number of nitrogens with zero attached hydrogens (tertiary/aromatic N) is 1. The van der Waals surface area contributed by atoms with Crippen LogP contribution in [0.4, 0.5) is 17.6 Å². The van der Waals surface area contributed by atoms with Gasteiger partial charge in [0.2, 0.25) is 11.6 Å². The normalized spacial score (nSPS) is 27.3. The van der Waals surface area contributed by atoms with E-state index >= 15 is 0 Å². The molecule has 2 aliphatic heterocycles. The Morgan fingerprint density at radius 1 is 1.03 bits per heavy atom. The number of rotatable bonds is 4. The molecule has 9 heteroatoms. The van der Waals surface area contributed by atoms with Crippen molar-refractivity contribution in [2.45, 2.75) is 68.8 Å². The van der Waals surface area contributed by atoms with E-state index in [0.717, 1.165) is 11.1 Å². The van der Waals surface area contributed by atoms with Gasteiger partial charge in [-0.15, -0.1) is 0 Å². The fourth-order valence-electron chi connectivity index (χ4n) is 6.62. The van der Waals surface area contributed by atoms with Crippen LogP contribution in [-0.2, 0) is 38.6 Å². The zero-order valence-electron chi connectivity index (χ0n) is 20.7. The summed E-state index contributed by atoms with van der Waals surface area (Å²) in [4.78, 5) is 15.5. The van der Waals surface area contributed by atoms with Gasteiger partial charge in [0.05, 0.1) is 11.5 Å². The van der Waals surface area contributed by atoms with E-state index in [9.17, 15) is 30.8 Å².